The van der Waals surface area contributed by atoms with Crippen LogP contribution in [0.5, 0.6) is 0 Å². The van der Waals surface area contributed by atoms with Gasteiger partial charge in [0.15, 0.2) is 4.32 Å². The molecule has 0 aromatic rings. The first kappa shape index (κ1) is 7.23. The van der Waals surface area contributed by atoms with Crippen molar-refractivity contribution in [1.82, 2.24) is 10.5 Å². The van der Waals surface area contributed by atoms with Gasteiger partial charge in [0.05, 0.1) is 0 Å². The highest BCUT2D eigenvalue weighted by Crippen LogP contribution is 2.18. The predicted octanol–water partition coefficient (Wildman–Crippen LogP) is -0.501. The van der Waals surface area contributed by atoms with Crippen LogP contribution in [0.1, 0.15) is 0 Å². The number of hydrogen-bond acceptors (Lipinski definition) is 5. The number of thiocarbonyl (C=S) groups is 1. The average molecular weight is 165 g/mol. The highest BCUT2D eigenvalue weighted by Gasteiger charge is 2.25. The minimum Gasteiger partial charge on any atom is -0.315 e. The van der Waals surface area contributed by atoms with E-state index in [0.29, 0.717) is 10.1 Å². The van der Waals surface area contributed by atoms with Gasteiger partial charge in [-0.15, -0.1) is 0 Å². The Hall–Kier alpha value is 0.120. The van der Waals surface area contributed by atoms with Gasteiger partial charge in [0.25, 0.3) is 0 Å². The van der Waals surface area contributed by atoms with E-state index in [9.17, 15) is 0 Å². The molecule has 1 unspecified atom stereocenters. The third-order valence-corrected chi connectivity index (χ3v) is 2.56. The quantitative estimate of drug-likeness (QED) is 0.276. The van der Waals surface area contributed by atoms with Crippen LogP contribution in [0.2, 0.25) is 0 Å². The maximum absolute atomic E-state index is 8.41. The molecule has 0 aromatic heterocycles. The van der Waals surface area contributed by atoms with Gasteiger partial charge >= 0.3 is 0 Å². The summed E-state index contributed by atoms with van der Waals surface area (Å²) in [6.07, 6.45) is -0.220. The fourth-order valence-corrected chi connectivity index (χ4v) is 1.68. The molecule has 0 saturated carbocycles. The highest BCUT2D eigenvalue weighted by molar-refractivity contribution is 8.23. The predicted molar refractivity (Wildman–Crippen MR) is 39.8 cm³/mol. The van der Waals surface area contributed by atoms with Crippen molar-refractivity contribution in [2.75, 3.05) is 5.75 Å². The maximum atomic E-state index is 8.41. The van der Waals surface area contributed by atoms with Crippen molar-refractivity contribution < 1.29 is 5.21 Å². The number of hydrazine groups is 1. The Kier molecular flexibility index (Phi) is 2.25. The first-order valence-corrected chi connectivity index (χ1v) is 3.75. The van der Waals surface area contributed by atoms with E-state index in [2.05, 4.69) is 0 Å². The molecule has 1 atom stereocenters. The van der Waals surface area contributed by atoms with Crippen LogP contribution in [-0.4, -0.2) is 26.5 Å². The monoisotopic (exact) mass is 165 g/mol. The standard InChI is InChI=1S/C3H7N3OS2/c4-6-2(5-7)1-9-3(6)8/h2,5,7H,1,4H2. The van der Waals surface area contributed by atoms with Crippen LogP contribution < -0.4 is 11.3 Å². The summed E-state index contributed by atoms with van der Waals surface area (Å²) < 4.78 is 0.613. The second-order valence-electron chi connectivity index (χ2n) is 1.63. The molecule has 4 N–H and O–H groups in total. The second-order valence-corrected chi connectivity index (χ2v) is 3.28. The summed E-state index contributed by atoms with van der Waals surface area (Å²) in [6.45, 7) is 0. The Morgan fingerprint density at radius 3 is 2.89 bits per heavy atom. The van der Waals surface area contributed by atoms with Crippen LogP contribution in [0, 0.1) is 0 Å². The van der Waals surface area contributed by atoms with E-state index in [4.69, 9.17) is 23.3 Å². The highest BCUT2D eigenvalue weighted by atomic mass is 32.2. The van der Waals surface area contributed by atoms with Crippen molar-refractivity contribution in [3.8, 4) is 0 Å². The van der Waals surface area contributed by atoms with E-state index in [0.717, 1.165) is 0 Å². The molecule has 0 aromatic carbocycles. The molecule has 0 radical (unpaired) electrons. The van der Waals surface area contributed by atoms with Gasteiger partial charge in [0.2, 0.25) is 0 Å². The van der Waals surface area contributed by atoms with Gasteiger partial charge < -0.3 is 5.21 Å². The number of nitrogens with one attached hydrogen (secondary N) is 1. The molecular formula is C3H7N3OS2. The van der Waals surface area contributed by atoms with E-state index in [-0.39, 0.29) is 6.17 Å². The van der Waals surface area contributed by atoms with Crippen LogP contribution in [0.15, 0.2) is 0 Å². The minimum atomic E-state index is -0.220. The van der Waals surface area contributed by atoms with Gasteiger partial charge in [-0.05, 0) is 0 Å². The van der Waals surface area contributed by atoms with Crippen molar-refractivity contribution in [3.63, 3.8) is 0 Å². The molecule has 1 aliphatic heterocycles. The minimum absolute atomic E-state index is 0.220. The molecule has 6 heteroatoms. The molecule has 0 amide bonds. The molecule has 1 heterocycles. The first-order valence-electron chi connectivity index (χ1n) is 2.36. The van der Waals surface area contributed by atoms with Crippen LogP contribution in [0.4, 0.5) is 0 Å². The number of hydroxylamine groups is 1. The van der Waals surface area contributed by atoms with Gasteiger partial charge in [-0.1, -0.05) is 24.0 Å². The summed E-state index contributed by atoms with van der Waals surface area (Å²) in [5.41, 5.74) is 2.04. The van der Waals surface area contributed by atoms with E-state index >= 15 is 0 Å². The maximum Gasteiger partial charge on any atom is 0.152 e. The molecule has 1 aliphatic rings. The zero-order valence-electron chi connectivity index (χ0n) is 4.57. The van der Waals surface area contributed by atoms with Gasteiger partial charge in [0, 0.05) is 5.75 Å². The third-order valence-electron chi connectivity index (χ3n) is 1.06. The van der Waals surface area contributed by atoms with Gasteiger partial charge in [-0.2, -0.15) is 5.48 Å². The van der Waals surface area contributed by atoms with Gasteiger partial charge in [-0.3, -0.25) is 5.01 Å². The van der Waals surface area contributed by atoms with Gasteiger partial charge in [0.1, 0.15) is 6.17 Å². The molecule has 1 rings (SSSR count). The number of nitrogens with zero attached hydrogens (tertiary/aromatic N) is 1. The van der Waals surface area contributed by atoms with Crippen molar-refractivity contribution in [2.45, 2.75) is 6.17 Å². The molecular weight excluding hydrogens is 158 g/mol. The fraction of sp³-hybridized carbons (Fsp3) is 0.667. The van der Waals surface area contributed by atoms with Crippen LogP contribution in [-0.2, 0) is 0 Å². The summed E-state index contributed by atoms with van der Waals surface area (Å²) in [7, 11) is 0. The van der Waals surface area contributed by atoms with E-state index < -0.39 is 0 Å². The molecule has 4 nitrogen and oxygen atoms in total. The summed E-state index contributed by atoms with van der Waals surface area (Å²) >= 11 is 6.25. The Balaban J connectivity index is 2.51. The summed E-state index contributed by atoms with van der Waals surface area (Å²) in [5, 5.41) is 9.74. The molecule has 1 saturated heterocycles. The first-order chi connectivity index (χ1) is 4.25. The van der Waals surface area contributed by atoms with Crippen molar-refractivity contribution in [3.05, 3.63) is 0 Å². The summed E-state index contributed by atoms with van der Waals surface area (Å²) in [4.78, 5) is 0. The smallest absolute Gasteiger partial charge is 0.152 e. The lowest BCUT2D eigenvalue weighted by Crippen LogP contribution is -2.46. The lowest BCUT2D eigenvalue weighted by Gasteiger charge is -2.16. The molecule has 9 heavy (non-hydrogen) atoms. The molecule has 0 spiro atoms. The van der Waals surface area contributed by atoms with Crippen LogP contribution in [0.25, 0.3) is 0 Å². The lowest BCUT2D eigenvalue weighted by atomic mass is 10.6. The molecule has 52 valence electrons. The normalized spacial score (nSPS) is 27.6. The number of nitrogens with two attached hydrogens (primary N) is 1. The van der Waals surface area contributed by atoms with Gasteiger partial charge in [-0.25, -0.2) is 5.84 Å². The topological polar surface area (TPSA) is 61.5 Å². The van der Waals surface area contributed by atoms with E-state index in [1.54, 1.807) is 0 Å². The second kappa shape index (κ2) is 2.80. The number of thioether (sulfide) groups is 1. The van der Waals surface area contributed by atoms with Crippen molar-refractivity contribution >= 4 is 28.3 Å². The third kappa shape index (κ3) is 1.33. The SMILES string of the molecule is NN1C(=S)SCC1NO. The average Bonchev–Trinajstić information content (AvgIpc) is 2.15. The van der Waals surface area contributed by atoms with Crippen LogP contribution in [0.3, 0.4) is 0 Å². The molecule has 0 aliphatic carbocycles. The molecule has 0 bridgehead atoms. The largest absolute Gasteiger partial charge is 0.315 e. The number of rotatable bonds is 1. The zero-order valence-corrected chi connectivity index (χ0v) is 6.21. The van der Waals surface area contributed by atoms with Crippen molar-refractivity contribution in [1.29, 1.82) is 0 Å². The lowest BCUT2D eigenvalue weighted by molar-refractivity contribution is 0.0837. The summed E-state index contributed by atoms with van der Waals surface area (Å²) in [5.74, 6) is 6.08. The Labute approximate surface area is 62.3 Å². The van der Waals surface area contributed by atoms with Crippen LogP contribution >= 0.6 is 24.0 Å². The fourth-order valence-electron chi connectivity index (χ4n) is 0.532. The van der Waals surface area contributed by atoms with E-state index in [1.165, 1.54) is 16.8 Å². The Morgan fingerprint density at radius 2 is 2.67 bits per heavy atom. The molecule has 1 fully saturated rings. The van der Waals surface area contributed by atoms with E-state index in [1.807, 2.05) is 5.48 Å². The zero-order chi connectivity index (χ0) is 6.85. The number of hydrogen-bond donors (Lipinski definition) is 3. The Morgan fingerprint density at radius 1 is 2.00 bits per heavy atom. The summed E-state index contributed by atoms with van der Waals surface area (Å²) in [6, 6.07) is 0. The van der Waals surface area contributed by atoms with Crippen molar-refractivity contribution in [2.24, 2.45) is 5.84 Å². The Bertz CT molecular complexity index is 130.